The Morgan fingerprint density at radius 1 is 1.33 bits per heavy atom. The minimum atomic E-state index is -0.558. The highest BCUT2D eigenvalue weighted by atomic mass is 19.1. The van der Waals surface area contributed by atoms with Gasteiger partial charge in [0, 0.05) is 24.2 Å². The molecular weight excluding hydrogens is 353 g/mol. The SMILES string of the molecule is CCc1ncnc(O[C@H]2CCN(C(=O)Cn3cnc(C)c(C)c3=O)C2)c1F. The monoisotopic (exact) mass is 375 g/mol. The smallest absolute Gasteiger partial charge is 0.256 e. The Labute approximate surface area is 156 Å². The molecule has 2 aromatic heterocycles. The van der Waals surface area contributed by atoms with Crippen LogP contribution in [-0.4, -0.2) is 49.5 Å². The van der Waals surface area contributed by atoms with E-state index in [1.165, 1.54) is 17.2 Å². The van der Waals surface area contributed by atoms with Crippen LogP contribution in [0, 0.1) is 19.7 Å². The summed E-state index contributed by atoms with van der Waals surface area (Å²) in [5, 5.41) is 0. The van der Waals surface area contributed by atoms with Gasteiger partial charge in [0.15, 0.2) is 0 Å². The van der Waals surface area contributed by atoms with Gasteiger partial charge in [-0.2, -0.15) is 9.37 Å². The molecular formula is C18H22FN5O3. The average Bonchev–Trinajstić information content (AvgIpc) is 3.12. The number of likely N-dealkylation sites (tertiary alicyclic amines) is 1. The molecule has 1 saturated heterocycles. The molecule has 0 spiro atoms. The minimum absolute atomic E-state index is 0.0818. The molecule has 1 aliphatic heterocycles. The maximum atomic E-state index is 14.2. The number of ether oxygens (including phenoxy) is 1. The molecule has 1 atom stereocenters. The summed E-state index contributed by atoms with van der Waals surface area (Å²) in [5.74, 6) is -0.848. The number of carbonyl (C=O) groups excluding carboxylic acids is 1. The van der Waals surface area contributed by atoms with Gasteiger partial charge >= 0.3 is 0 Å². The van der Waals surface area contributed by atoms with Crippen LogP contribution in [-0.2, 0) is 17.8 Å². The first-order chi connectivity index (χ1) is 12.9. The van der Waals surface area contributed by atoms with Crippen LogP contribution >= 0.6 is 0 Å². The second-order valence-electron chi connectivity index (χ2n) is 6.55. The summed E-state index contributed by atoms with van der Waals surface area (Å²) >= 11 is 0. The van der Waals surface area contributed by atoms with E-state index in [2.05, 4.69) is 15.0 Å². The van der Waals surface area contributed by atoms with E-state index in [-0.39, 0.29) is 30.0 Å². The lowest BCUT2D eigenvalue weighted by molar-refractivity contribution is -0.131. The molecule has 1 amide bonds. The second kappa shape index (κ2) is 7.81. The predicted molar refractivity (Wildman–Crippen MR) is 95.0 cm³/mol. The van der Waals surface area contributed by atoms with Crippen LogP contribution in [0.5, 0.6) is 5.88 Å². The van der Waals surface area contributed by atoms with Crippen LogP contribution in [0.15, 0.2) is 17.4 Å². The zero-order chi connectivity index (χ0) is 19.6. The van der Waals surface area contributed by atoms with Crippen molar-refractivity contribution in [2.24, 2.45) is 0 Å². The minimum Gasteiger partial charge on any atom is -0.470 e. The molecule has 0 unspecified atom stereocenters. The molecule has 0 bridgehead atoms. The van der Waals surface area contributed by atoms with E-state index in [4.69, 9.17) is 4.74 Å². The molecule has 1 aliphatic rings. The molecule has 0 N–H and O–H groups in total. The van der Waals surface area contributed by atoms with Crippen molar-refractivity contribution in [3.63, 3.8) is 0 Å². The summed E-state index contributed by atoms with van der Waals surface area (Å²) in [6.07, 6.45) is 3.32. The van der Waals surface area contributed by atoms with Crippen LogP contribution in [0.3, 0.4) is 0 Å². The predicted octanol–water partition coefficient (Wildman–Crippen LogP) is 1.03. The maximum Gasteiger partial charge on any atom is 0.256 e. The molecule has 8 nitrogen and oxygen atoms in total. The first-order valence-corrected chi connectivity index (χ1v) is 8.87. The number of nitrogens with zero attached hydrogens (tertiary/aromatic N) is 5. The van der Waals surface area contributed by atoms with Crippen LogP contribution in [0.25, 0.3) is 0 Å². The molecule has 0 saturated carbocycles. The van der Waals surface area contributed by atoms with Gasteiger partial charge in [-0.1, -0.05) is 6.92 Å². The molecule has 0 aromatic carbocycles. The number of aromatic nitrogens is 4. The Balaban J connectivity index is 1.63. The van der Waals surface area contributed by atoms with Crippen molar-refractivity contribution in [3.05, 3.63) is 45.8 Å². The largest absolute Gasteiger partial charge is 0.470 e. The molecule has 144 valence electrons. The molecule has 3 rings (SSSR count). The zero-order valence-electron chi connectivity index (χ0n) is 15.6. The van der Waals surface area contributed by atoms with E-state index in [9.17, 15) is 14.0 Å². The van der Waals surface area contributed by atoms with E-state index in [1.807, 2.05) is 0 Å². The highest BCUT2D eigenvalue weighted by Crippen LogP contribution is 2.21. The molecule has 9 heteroatoms. The fourth-order valence-electron chi connectivity index (χ4n) is 2.96. The Morgan fingerprint density at radius 3 is 2.85 bits per heavy atom. The van der Waals surface area contributed by atoms with E-state index in [0.29, 0.717) is 42.9 Å². The summed E-state index contributed by atoms with van der Waals surface area (Å²) in [7, 11) is 0. The summed E-state index contributed by atoms with van der Waals surface area (Å²) in [5.41, 5.74) is 1.25. The van der Waals surface area contributed by atoms with Gasteiger partial charge in [0.2, 0.25) is 11.7 Å². The van der Waals surface area contributed by atoms with Crippen molar-refractivity contribution in [2.45, 2.75) is 46.3 Å². The van der Waals surface area contributed by atoms with Crippen molar-refractivity contribution in [1.29, 1.82) is 0 Å². The lowest BCUT2D eigenvalue weighted by atomic mass is 10.3. The number of halogens is 1. The molecule has 0 aliphatic carbocycles. The maximum absolute atomic E-state index is 14.2. The van der Waals surface area contributed by atoms with Gasteiger partial charge in [0.05, 0.1) is 18.6 Å². The van der Waals surface area contributed by atoms with E-state index in [0.717, 1.165) is 0 Å². The Kier molecular flexibility index (Phi) is 5.48. The standard InChI is InChI=1S/C18H22FN5O3/c1-4-14-16(19)17(21-9-20-14)27-13-5-6-23(7-13)15(25)8-24-10-22-12(3)11(2)18(24)26/h9-10,13H,4-8H2,1-3H3/t13-/m0/s1. The van der Waals surface area contributed by atoms with E-state index in [1.54, 1.807) is 25.7 Å². The van der Waals surface area contributed by atoms with Crippen molar-refractivity contribution in [1.82, 2.24) is 24.4 Å². The van der Waals surface area contributed by atoms with Gasteiger partial charge in [0.1, 0.15) is 19.0 Å². The number of carbonyl (C=O) groups is 1. The van der Waals surface area contributed by atoms with Crippen LogP contribution in [0.1, 0.15) is 30.3 Å². The van der Waals surface area contributed by atoms with Gasteiger partial charge in [-0.25, -0.2) is 9.97 Å². The molecule has 2 aromatic rings. The fraction of sp³-hybridized carbons (Fsp3) is 0.500. The summed E-state index contributed by atoms with van der Waals surface area (Å²) in [6.45, 7) is 5.95. The topological polar surface area (TPSA) is 90.2 Å². The van der Waals surface area contributed by atoms with Crippen molar-refractivity contribution in [2.75, 3.05) is 13.1 Å². The Morgan fingerprint density at radius 2 is 2.11 bits per heavy atom. The van der Waals surface area contributed by atoms with Gasteiger partial charge in [-0.3, -0.25) is 14.2 Å². The lowest BCUT2D eigenvalue weighted by Gasteiger charge is -2.18. The third-order valence-electron chi connectivity index (χ3n) is 4.76. The lowest BCUT2D eigenvalue weighted by Crippen LogP contribution is -2.37. The first-order valence-electron chi connectivity index (χ1n) is 8.87. The van der Waals surface area contributed by atoms with Gasteiger partial charge in [0.25, 0.3) is 11.4 Å². The van der Waals surface area contributed by atoms with Gasteiger partial charge in [-0.15, -0.1) is 0 Å². The molecule has 1 fully saturated rings. The van der Waals surface area contributed by atoms with Gasteiger partial charge < -0.3 is 9.64 Å². The quantitative estimate of drug-likeness (QED) is 0.775. The van der Waals surface area contributed by atoms with Crippen molar-refractivity contribution < 1.29 is 13.9 Å². The molecule has 0 radical (unpaired) electrons. The third-order valence-corrected chi connectivity index (χ3v) is 4.76. The van der Waals surface area contributed by atoms with Crippen molar-refractivity contribution >= 4 is 5.91 Å². The highest BCUT2D eigenvalue weighted by molar-refractivity contribution is 5.76. The zero-order valence-corrected chi connectivity index (χ0v) is 15.6. The Hall–Kier alpha value is -2.84. The number of hydrogen-bond acceptors (Lipinski definition) is 6. The summed E-state index contributed by atoms with van der Waals surface area (Å²) in [4.78, 5) is 38.2. The van der Waals surface area contributed by atoms with Crippen LogP contribution in [0.2, 0.25) is 0 Å². The number of hydrogen-bond donors (Lipinski definition) is 0. The van der Waals surface area contributed by atoms with E-state index < -0.39 is 5.82 Å². The molecule has 3 heterocycles. The third kappa shape index (κ3) is 3.96. The number of amides is 1. The highest BCUT2D eigenvalue weighted by Gasteiger charge is 2.29. The van der Waals surface area contributed by atoms with Crippen molar-refractivity contribution in [3.8, 4) is 5.88 Å². The van der Waals surface area contributed by atoms with Gasteiger partial charge in [-0.05, 0) is 20.3 Å². The average molecular weight is 375 g/mol. The first kappa shape index (κ1) is 18.9. The molecule has 27 heavy (non-hydrogen) atoms. The number of aryl methyl sites for hydroxylation is 2. The number of rotatable bonds is 5. The van der Waals surface area contributed by atoms with Crippen LogP contribution < -0.4 is 10.3 Å². The Bertz CT molecular complexity index is 914. The fourth-order valence-corrected chi connectivity index (χ4v) is 2.96. The second-order valence-corrected chi connectivity index (χ2v) is 6.55. The van der Waals surface area contributed by atoms with Crippen LogP contribution in [0.4, 0.5) is 4.39 Å². The van der Waals surface area contributed by atoms with E-state index >= 15 is 0 Å². The summed E-state index contributed by atoms with van der Waals surface area (Å²) in [6, 6.07) is 0. The summed E-state index contributed by atoms with van der Waals surface area (Å²) < 4.78 is 21.1. The normalized spacial score (nSPS) is 16.6.